The fraction of sp³-hybridized carbons (Fsp3) is 0.500. The molecule has 21 heavy (non-hydrogen) atoms. The van der Waals surface area contributed by atoms with E-state index in [1.54, 1.807) is 12.1 Å². The summed E-state index contributed by atoms with van der Waals surface area (Å²) in [4.78, 5) is 22.9. The maximum atomic E-state index is 12.2. The zero-order valence-electron chi connectivity index (χ0n) is 12.3. The van der Waals surface area contributed by atoms with Gasteiger partial charge >= 0.3 is 5.97 Å². The van der Waals surface area contributed by atoms with Crippen LogP contribution in [0.3, 0.4) is 0 Å². The third-order valence-corrected chi connectivity index (χ3v) is 4.17. The second-order valence-corrected chi connectivity index (χ2v) is 5.94. The third-order valence-electron chi connectivity index (χ3n) is 4.17. The highest BCUT2D eigenvalue weighted by Gasteiger charge is 2.36. The molecule has 0 aromatic heterocycles. The zero-order valence-corrected chi connectivity index (χ0v) is 12.3. The van der Waals surface area contributed by atoms with Gasteiger partial charge in [0.15, 0.2) is 0 Å². The number of hydrogen-bond acceptors (Lipinski definition) is 3. The van der Waals surface area contributed by atoms with Gasteiger partial charge in [-0.1, -0.05) is 31.9 Å². The molecule has 114 valence electrons. The summed E-state index contributed by atoms with van der Waals surface area (Å²) in [6, 6.07) is 7.29. The first-order valence-corrected chi connectivity index (χ1v) is 7.33. The van der Waals surface area contributed by atoms with Crippen molar-refractivity contribution in [2.24, 2.45) is 5.73 Å². The van der Waals surface area contributed by atoms with Gasteiger partial charge in [-0.25, -0.2) is 0 Å². The molecule has 1 aromatic carbocycles. The molecule has 1 fully saturated rings. The van der Waals surface area contributed by atoms with Crippen molar-refractivity contribution in [3.63, 3.8) is 0 Å². The standard InChI is InChI=1S/C16H22N2O3/c1-11(10-14(19)20)12-4-6-13(7-5-12)18-15(21)16(17)8-2-3-9-16/h4-7,11H,2-3,8-10,17H2,1H3,(H,18,21)(H,19,20). The van der Waals surface area contributed by atoms with Crippen LogP contribution in [-0.4, -0.2) is 22.5 Å². The molecule has 1 saturated carbocycles. The summed E-state index contributed by atoms with van der Waals surface area (Å²) in [5.74, 6) is -1.000. The molecule has 5 heteroatoms. The smallest absolute Gasteiger partial charge is 0.303 e. The number of anilines is 1. The largest absolute Gasteiger partial charge is 0.481 e. The lowest BCUT2D eigenvalue weighted by molar-refractivity contribution is -0.137. The van der Waals surface area contributed by atoms with E-state index in [-0.39, 0.29) is 18.2 Å². The Kier molecular flexibility index (Phi) is 4.63. The van der Waals surface area contributed by atoms with E-state index in [2.05, 4.69) is 5.32 Å². The number of nitrogens with one attached hydrogen (secondary N) is 1. The Morgan fingerprint density at radius 3 is 2.38 bits per heavy atom. The van der Waals surface area contributed by atoms with Crippen molar-refractivity contribution in [2.75, 3.05) is 5.32 Å². The molecule has 2 rings (SSSR count). The van der Waals surface area contributed by atoms with E-state index in [1.807, 2.05) is 19.1 Å². The molecule has 0 bridgehead atoms. The van der Waals surface area contributed by atoms with E-state index in [4.69, 9.17) is 10.8 Å². The molecule has 0 spiro atoms. The number of carboxylic acids is 1. The molecule has 0 aliphatic heterocycles. The lowest BCUT2D eigenvalue weighted by atomic mass is 9.96. The summed E-state index contributed by atoms with van der Waals surface area (Å²) in [5, 5.41) is 11.6. The second-order valence-electron chi connectivity index (χ2n) is 5.94. The van der Waals surface area contributed by atoms with Crippen LogP contribution in [0.1, 0.15) is 50.5 Å². The molecule has 1 aliphatic carbocycles. The molecular formula is C16H22N2O3. The van der Waals surface area contributed by atoms with Crippen LogP contribution < -0.4 is 11.1 Å². The summed E-state index contributed by atoms with van der Waals surface area (Å²) in [5.41, 5.74) is 7.01. The van der Waals surface area contributed by atoms with Crippen molar-refractivity contribution in [1.29, 1.82) is 0 Å². The number of carbonyl (C=O) groups excluding carboxylic acids is 1. The third kappa shape index (κ3) is 3.82. The maximum absolute atomic E-state index is 12.2. The van der Waals surface area contributed by atoms with E-state index >= 15 is 0 Å². The van der Waals surface area contributed by atoms with Gasteiger partial charge in [0.1, 0.15) is 0 Å². The van der Waals surface area contributed by atoms with Crippen molar-refractivity contribution in [2.45, 2.75) is 50.5 Å². The topological polar surface area (TPSA) is 92.4 Å². The van der Waals surface area contributed by atoms with Gasteiger partial charge in [-0.05, 0) is 36.5 Å². The van der Waals surface area contributed by atoms with Crippen molar-refractivity contribution in [3.05, 3.63) is 29.8 Å². The molecule has 1 atom stereocenters. The normalized spacial score (nSPS) is 18.2. The minimum Gasteiger partial charge on any atom is -0.481 e. The SMILES string of the molecule is CC(CC(=O)O)c1ccc(NC(=O)C2(N)CCCC2)cc1. The number of rotatable bonds is 5. The van der Waals surface area contributed by atoms with E-state index < -0.39 is 11.5 Å². The quantitative estimate of drug-likeness (QED) is 0.776. The predicted octanol–water partition coefficient (Wildman–Crippen LogP) is 2.47. The fourth-order valence-electron chi connectivity index (χ4n) is 2.76. The van der Waals surface area contributed by atoms with Crippen molar-refractivity contribution >= 4 is 17.6 Å². The van der Waals surface area contributed by atoms with Crippen LogP contribution in [-0.2, 0) is 9.59 Å². The Bertz CT molecular complexity index is 519. The number of amides is 1. The highest BCUT2D eigenvalue weighted by atomic mass is 16.4. The van der Waals surface area contributed by atoms with Crippen LogP contribution in [0.4, 0.5) is 5.69 Å². The van der Waals surface area contributed by atoms with E-state index in [0.29, 0.717) is 5.69 Å². The number of carbonyl (C=O) groups is 2. The monoisotopic (exact) mass is 290 g/mol. The van der Waals surface area contributed by atoms with Crippen LogP contribution >= 0.6 is 0 Å². The molecule has 0 radical (unpaired) electrons. The number of aliphatic carboxylic acids is 1. The van der Waals surface area contributed by atoms with Crippen LogP contribution in [0, 0.1) is 0 Å². The Balaban J connectivity index is 1.99. The number of nitrogens with two attached hydrogens (primary N) is 1. The Morgan fingerprint density at radius 1 is 1.29 bits per heavy atom. The summed E-state index contributed by atoms with van der Waals surface area (Å²) < 4.78 is 0. The van der Waals surface area contributed by atoms with Gasteiger partial charge in [-0.2, -0.15) is 0 Å². The van der Waals surface area contributed by atoms with E-state index in [9.17, 15) is 9.59 Å². The lowest BCUT2D eigenvalue weighted by Crippen LogP contribution is -2.48. The Labute approximate surface area is 124 Å². The summed E-state index contributed by atoms with van der Waals surface area (Å²) in [6.07, 6.45) is 3.54. The van der Waals surface area contributed by atoms with Gasteiger partial charge in [-0.3, -0.25) is 9.59 Å². The van der Waals surface area contributed by atoms with Crippen LogP contribution in [0.2, 0.25) is 0 Å². The summed E-state index contributed by atoms with van der Waals surface area (Å²) >= 11 is 0. The molecule has 1 amide bonds. The molecule has 0 saturated heterocycles. The molecule has 4 N–H and O–H groups in total. The maximum Gasteiger partial charge on any atom is 0.303 e. The summed E-state index contributed by atoms with van der Waals surface area (Å²) in [7, 11) is 0. The van der Waals surface area contributed by atoms with Crippen LogP contribution in [0.25, 0.3) is 0 Å². The number of benzene rings is 1. The zero-order chi connectivity index (χ0) is 15.5. The van der Waals surface area contributed by atoms with E-state index in [1.165, 1.54) is 0 Å². The van der Waals surface area contributed by atoms with Gasteiger partial charge in [0.25, 0.3) is 0 Å². The fourth-order valence-corrected chi connectivity index (χ4v) is 2.76. The summed E-state index contributed by atoms with van der Waals surface area (Å²) in [6.45, 7) is 1.87. The predicted molar refractivity (Wildman–Crippen MR) is 81.1 cm³/mol. The first kappa shape index (κ1) is 15.5. The minimum absolute atomic E-state index is 0.0528. The minimum atomic E-state index is -0.814. The first-order valence-electron chi connectivity index (χ1n) is 7.33. The molecule has 1 unspecified atom stereocenters. The number of hydrogen-bond donors (Lipinski definition) is 3. The Morgan fingerprint density at radius 2 is 1.86 bits per heavy atom. The van der Waals surface area contributed by atoms with Gasteiger partial charge in [0.2, 0.25) is 5.91 Å². The van der Waals surface area contributed by atoms with Gasteiger partial charge in [-0.15, -0.1) is 0 Å². The average Bonchev–Trinajstić information content (AvgIpc) is 2.87. The molecule has 1 aliphatic rings. The van der Waals surface area contributed by atoms with Crippen LogP contribution in [0.15, 0.2) is 24.3 Å². The van der Waals surface area contributed by atoms with Crippen molar-refractivity contribution < 1.29 is 14.7 Å². The highest BCUT2D eigenvalue weighted by molar-refractivity contribution is 5.98. The molecule has 0 heterocycles. The van der Waals surface area contributed by atoms with Gasteiger partial charge in [0, 0.05) is 5.69 Å². The first-order chi connectivity index (χ1) is 9.90. The Hall–Kier alpha value is -1.88. The van der Waals surface area contributed by atoms with Gasteiger partial charge in [0.05, 0.1) is 12.0 Å². The average molecular weight is 290 g/mol. The van der Waals surface area contributed by atoms with Gasteiger partial charge < -0.3 is 16.2 Å². The number of carboxylic acid groups (broad SMARTS) is 1. The highest BCUT2D eigenvalue weighted by Crippen LogP contribution is 2.28. The van der Waals surface area contributed by atoms with E-state index in [0.717, 1.165) is 31.2 Å². The van der Waals surface area contributed by atoms with Crippen LogP contribution in [0.5, 0.6) is 0 Å². The molecule has 1 aromatic rings. The van der Waals surface area contributed by atoms with Crippen molar-refractivity contribution in [3.8, 4) is 0 Å². The van der Waals surface area contributed by atoms with Crippen molar-refractivity contribution in [1.82, 2.24) is 0 Å². The lowest BCUT2D eigenvalue weighted by Gasteiger charge is -2.22. The second kappa shape index (κ2) is 6.26. The molecular weight excluding hydrogens is 268 g/mol. The molecule has 5 nitrogen and oxygen atoms in total.